The van der Waals surface area contributed by atoms with Crippen molar-refractivity contribution < 1.29 is 9.53 Å². The van der Waals surface area contributed by atoms with E-state index in [1.54, 1.807) is 12.0 Å². The third kappa shape index (κ3) is 2.91. The summed E-state index contributed by atoms with van der Waals surface area (Å²) in [5, 5.41) is 0. The quantitative estimate of drug-likeness (QED) is 0.894. The number of methoxy groups -OCH3 is 1. The zero-order valence-electron chi connectivity index (χ0n) is 9.93. The van der Waals surface area contributed by atoms with Gasteiger partial charge in [-0.25, -0.2) is 0 Å². The minimum atomic E-state index is 0. The number of nitrogens with two attached hydrogens (primary N) is 1. The smallest absolute Gasteiger partial charge is 0.267 e. The minimum Gasteiger partial charge on any atom is -0.495 e. The first-order valence-corrected chi connectivity index (χ1v) is 6.12. The number of likely N-dealkylation sites (tertiary alicyclic amines) is 1. The summed E-state index contributed by atoms with van der Waals surface area (Å²) in [5.41, 5.74) is 5.80. The molecule has 0 radical (unpaired) electrons. The van der Waals surface area contributed by atoms with Gasteiger partial charge in [-0.15, -0.1) is 23.7 Å². The normalized spacial score (nSPS) is 19.0. The largest absolute Gasteiger partial charge is 0.495 e. The molecule has 0 saturated carbocycles. The highest BCUT2D eigenvalue weighted by atomic mass is 35.5. The summed E-state index contributed by atoms with van der Waals surface area (Å²) in [6.07, 6.45) is 0.887. The molecule has 0 aliphatic carbocycles. The van der Waals surface area contributed by atoms with Gasteiger partial charge in [0.25, 0.3) is 5.91 Å². The maximum atomic E-state index is 12.2. The van der Waals surface area contributed by atoms with Crippen molar-refractivity contribution in [3.05, 3.63) is 15.8 Å². The van der Waals surface area contributed by atoms with Crippen molar-refractivity contribution in [2.75, 3.05) is 20.2 Å². The van der Waals surface area contributed by atoms with Crippen molar-refractivity contribution in [3.63, 3.8) is 0 Å². The Hall–Kier alpha value is -0.780. The predicted molar refractivity (Wildman–Crippen MR) is 71.4 cm³/mol. The highest BCUT2D eigenvalue weighted by Gasteiger charge is 2.27. The molecule has 1 atom stereocenters. The van der Waals surface area contributed by atoms with Crippen LogP contribution in [0.15, 0.2) is 6.07 Å². The summed E-state index contributed by atoms with van der Waals surface area (Å²) >= 11 is 1.48. The third-order valence-corrected chi connectivity index (χ3v) is 3.77. The van der Waals surface area contributed by atoms with E-state index < -0.39 is 0 Å². The zero-order valence-corrected chi connectivity index (χ0v) is 11.6. The van der Waals surface area contributed by atoms with Crippen molar-refractivity contribution in [2.45, 2.75) is 19.4 Å². The average Bonchev–Trinajstić information content (AvgIpc) is 2.83. The second-order valence-corrected chi connectivity index (χ2v) is 5.31. The number of hydrogen-bond donors (Lipinski definition) is 1. The summed E-state index contributed by atoms with van der Waals surface area (Å²) in [5.74, 6) is 0.718. The first-order chi connectivity index (χ1) is 7.61. The van der Waals surface area contributed by atoms with Crippen LogP contribution in [0.25, 0.3) is 0 Å². The van der Waals surface area contributed by atoms with Gasteiger partial charge in [0.1, 0.15) is 10.6 Å². The van der Waals surface area contributed by atoms with Crippen LogP contribution in [-0.2, 0) is 0 Å². The van der Waals surface area contributed by atoms with E-state index in [1.165, 1.54) is 11.3 Å². The Morgan fingerprint density at radius 3 is 2.88 bits per heavy atom. The van der Waals surface area contributed by atoms with Gasteiger partial charge in [-0.05, 0) is 19.4 Å². The second-order valence-electron chi connectivity index (χ2n) is 4.05. The van der Waals surface area contributed by atoms with Gasteiger partial charge in [-0.3, -0.25) is 4.79 Å². The molecule has 96 valence electrons. The molecule has 4 nitrogen and oxygen atoms in total. The molecule has 0 unspecified atom stereocenters. The lowest BCUT2D eigenvalue weighted by atomic mass is 10.3. The fourth-order valence-electron chi connectivity index (χ4n) is 1.91. The Morgan fingerprint density at radius 1 is 1.65 bits per heavy atom. The van der Waals surface area contributed by atoms with Gasteiger partial charge in [-0.1, -0.05) is 0 Å². The van der Waals surface area contributed by atoms with Crippen molar-refractivity contribution >= 4 is 29.7 Å². The maximum Gasteiger partial charge on any atom is 0.267 e. The van der Waals surface area contributed by atoms with E-state index in [2.05, 4.69) is 0 Å². The lowest BCUT2D eigenvalue weighted by molar-refractivity contribution is 0.0792. The Bertz CT molecular complexity index is 408. The lowest BCUT2D eigenvalue weighted by Gasteiger charge is -2.15. The van der Waals surface area contributed by atoms with E-state index in [0.29, 0.717) is 17.2 Å². The van der Waals surface area contributed by atoms with Crippen molar-refractivity contribution in [1.29, 1.82) is 0 Å². The molecule has 1 aliphatic heterocycles. The number of carbonyl (C=O) groups excluding carboxylic acids is 1. The number of thiophene rings is 1. The SMILES string of the molecule is COc1cc(C)sc1C(=O)N1CC[C@@H](N)C1.Cl. The Balaban J connectivity index is 0.00000144. The molecular formula is C11H17ClN2O2S. The van der Waals surface area contributed by atoms with Crippen LogP contribution in [0, 0.1) is 6.92 Å². The van der Waals surface area contributed by atoms with Crippen LogP contribution < -0.4 is 10.5 Å². The number of rotatable bonds is 2. The molecule has 1 amide bonds. The molecule has 1 saturated heterocycles. The standard InChI is InChI=1S/C11H16N2O2S.ClH/c1-7-5-9(15-2)10(16-7)11(14)13-4-3-8(12)6-13;/h5,8H,3-4,6,12H2,1-2H3;1H/t8-;/m1./s1. The van der Waals surface area contributed by atoms with Gasteiger partial charge in [0.15, 0.2) is 0 Å². The fourth-order valence-corrected chi connectivity index (χ4v) is 2.85. The summed E-state index contributed by atoms with van der Waals surface area (Å²) in [6.45, 7) is 3.37. The van der Waals surface area contributed by atoms with Crippen LogP contribution in [0.1, 0.15) is 21.0 Å². The number of halogens is 1. The summed E-state index contributed by atoms with van der Waals surface area (Å²) in [4.78, 5) is 15.8. The molecule has 17 heavy (non-hydrogen) atoms. The number of aryl methyl sites for hydroxylation is 1. The fraction of sp³-hybridized carbons (Fsp3) is 0.545. The van der Waals surface area contributed by atoms with Gasteiger partial charge in [0.2, 0.25) is 0 Å². The zero-order chi connectivity index (χ0) is 11.7. The molecular weight excluding hydrogens is 260 g/mol. The first kappa shape index (κ1) is 14.3. The van der Waals surface area contributed by atoms with E-state index in [0.717, 1.165) is 17.8 Å². The van der Waals surface area contributed by atoms with Crippen LogP contribution in [-0.4, -0.2) is 37.0 Å². The molecule has 2 N–H and O–H groups in total. The van der Waals surface area contributed by atoms with Crippen LogP contribution in [0.3, 0.4) is 0 Å². The molecule has 1 aliphatic rings. The van der Waals surface area contributed by atoms with Gasteiger partial charge in [0, 0.05) is 24.0 Å². The van der Waals surface area contributed by atoms with Crippen molar-refractivity contribution in [3.8, 4) is 5.75 Å². The number of hydrogen-bond acceptors (Lipinski definition) is 4. The summed E-state index contributed by atoms with van der Waals surface area (Å²) in [7, 11) is 1.59. The maximum absolute atomic E-state index is 12.2. The highest BCUT2D eigenvalue weighted by Crippen LogP contribution is 2.30. The Kier molecular flexibility index (Phi) is 4.80. The Labute approximate surface area is 111 Å². The number of carbonyl (C=O) groups is 1. The molecule has 1 aromatic rings. The molecule has 1 fully saturated rings. The van der Waals surface area contributed by atoms with Gasteiger partial charge >= 0.3 is 0 Å². The minimum absolute atomic E-state index is 0. The molecule has 6 heteroatoms. The van der Waals surface area contributed by atoms with Gasteiger partial charge in [0.05, 0.1) is 7.11 Å². The average molecular weight is 277 g/mol. The van der Waals surface area contributed by atoms with Crippen molar-refractivity contribution in [1.82, 2.24) is 4.90 Å². The van der Waals surface area contributed by atoms with Crippen molar-refractivity contribution in [2.24, 2.45) is 5.73 Å². The molecule has 0 aromatic carbocycles. The lowest BCUT2D eigenvalue weighted by Crippen LogP contribution is -2.31. The molecule has 2 rings (SSSR count). The topological polar surface area (TPSA) is 55.6 Å². The van der Waals surface area contributed by atoms with E-state index in [4.69, 9.17) is 10.5 Å². The highest BCUT2D eigenvalue weighted by molar-refractivity contribution is 7.14. The first-order valence-electron chi connectivity index (χ1n) is 5.31. The predicted octanol–water partition coefficient (Wildman–Crippen LogP) is 1.66. The van der Waals surface area contributed by atoms with Gasteiger partial charge < -0.3 is 15.4 Å². The van der Waals surface area contributed by atoms with Crippen LogP contribution >= 0.6 is 23.7 Å². The van der Waals surface area contributed by atoms with E-state index in [-0.39, 0.29) is 24.4 Å². The second kappa shape index (κ2) is 5.71. The number of amides is 1. The van der Waals surface area contributed by atoms with Crippen LogP contribution in [0.4, 0.5) is 0 Å². The monoisotopic (exact) mass is 276 g/mol. The molecule has 1 aromatic heterocycles. The number of ether oxygens (including phenoxy) is 1. The summed E-state index contributed by atoms with van der Waals surface area (Å²) in [6, 6.07) is 2.02. The number of nitrogens with zero attached hydrogens (tertiary/aromatic N) is 1. The van der Waals surface area contributed by atoms with Crippen LogP contribution in [0.5, 0.6) is 5.75 Å². The van der Waals surface area contributed by atoms with Gasteiger partial charge in [-0.2, -0.15) is 0 Å². The van der Waals surface area contributed by atoms with E-state index >= 15 is 0 Å². The molecule has 0 spiro atoms. The van der Waals surface area contributed by atoms with E-state index in [1.807, 2.05) is 13.0 Å². The molecule has 0 bridgehead atoms. The Morgan fingerprint density at radius 2 is 2.35 bits per heavy atom. The third-order valence-electron chi connectivity index (χ3n) is 2.75. The molecule has 2 heterocycles. The summed E-state index contributed by atoms with van der Waals surface area (Å²) < 4.78 is 5.21. The van der Waals surface area contributed by atoms with E-state index in [9.17, 15) is 4.79 Å². The van der Waals surface area contributed by atoms with Crippen LogP contribution in [0.2, 0.25) is 0 Å².